The Bertz CT molecular complexity index is 1000. The number of rotatable bonds is 8. The lowest BCUT2D eigenvalue weighted by molar-refractivity contribution is -0.151. The number of ether oxygens (including phenoxy) is 2. The second-order valence-corrected chi connectivity index (χ2v) is 8.16. The summed E-state index contributed by atoms with van der Waals surface area (Å²) in [5.74, 6) is -0.986. The lowest BCUT2D eigenvalue weighted by Gasteiger charge is -2.15. The Hall–Kier alpha value is -2.91. The number of hydrogen-bond donors (Lipinski definition) is 2. The Labute approximate surface area is 170 Å². The van der Waals surface area contributed by atoms with Crippen LogP contribution in [0.15, 0.2) is 47.4 Å². The largest absolute Gasteiger partial charge is 0.495 e. The zero-order chi connectivity index (χ0) is 21.6. The smallest absolute Gasteiger partial charge is 0.321 e. The number of para-hydroxylation sites is 2. The third-order valence-electron chi connectivity index (χ3n) is 4.24. The SMILES string of the molecule is COc1ccccc1NC(=O)[C@@H](C)OC(=O)CNS(=O)(=O)c1ccc(C)c(C)c1. The molecule has 156 valence electrons. The van der Waals surface area contributed by atoms with Crippen LogP contribution in [0, 0.1) is 13.8 Å². The van der Waals surface area contributed by atoms with Gasteiger partial charge in [0.2, 0.25) is 10.0 Å². The molecular formula is C20H24N2O6S. The summed E-state index contributed by atoms with van der Waals surface area (Å²) in [7, 11) is -2.41. The highest BCUT2D eigenvalue weighted by molar-refractivity contribution is 7.89. The molecular weight excluding hydrogens is 396 g/mol. The van der Waals surface area contributed by atoms with Crippen molar-refractivity contribution >= 4 is 27.6 Å². The van der Waals surface area contributed by atoms with Crippen LogP contribution in [0.3, 0.4) is 0 Å². The van der Waals surface area contributed by atoms with Crippen molar-refractivity contribution in [2.75, 3.05) is 19.0 Å². The van der Waals surface area contributed by atoms with E-state index in [-0.39, 0.29) is 4.90 Å². The van der Waals surface area contributed by atoms with Crippen molar-refractivity contribution in [1.82, 2.24) is 4.72 Å². The minimum Gasteiger partial charge on any atom is -0.495 e. The van der Waals surface area contributed by atoms with E-state index in [9.17, 15) is 18.0 Å². The molecule has 2 rings (SSSR count). The van der Waals surface area contributed by atoms with Gasteiger partial charge in [-0.2, -0.15) is 4.72 Å². The van der Waals surface area contributed by atoms with Crippen molar-refractivity contribution in [3.8, 4) is 5.75 Å². The third kappa shape index (κ3) is 6.03. The zero-order valence-corrected chi connectivity index (χ0v) is 17.5. The topological polar surface area (TPSA) is 111 Å². The number of carbonyl (C=O) groups excluding carboxylic acids is 2. The van der Waals surface area contributed by atoms with Crippen LogP contribution in [0.4, 0.5) is 5.69 Å². The van der Waals surface area contributed by atoms with Gasteiger partial charge in [-0.15, -0.1) is 0 Å². The van der Waals surface area contributed by atoms with Crippen molar-refractivity contribution in [3.05, 3.63) is 53.6 Å². The monoisotopic (exact) mass is 420 g/mol. The van der Waals surface area contributed by atoms with E-state index in [0.29, 0.717) is 11.4 Å². The van der Waals surface area contributed by atoms with Crippen molar-refractivity contribution < 1.29 is 27.5 Å². The van der Waals surface area contributed by atoms with E-state index in [1.807, 2.05) is 6.92 Å². The number of benzene rings is 2. The minimum atomic E-state index is -3.88. The number of hydrogen-bond acceptors (Lipinski definition) is 6. The van der Waals surface area contributed by atoms with Crippen LogP contribution in [0.2, 0.25) is 0 Å². The molecule has 8 nitrogen and oxygen atoms in total. The molecule has 2 aromatic carbocycles. The summed E-state index contributed by atoms with van der Waals surface area (Å²) < 4.78 is 37.0. The molecule has 0 aromatic heterocycles. The van der Waals surface area contributed by atoms with Gasteiger partial charge in [0, 0.05) is 0 Å². The number of nitrogens with one attached hydrogen (secondary N) is 2. The summed E-state index contributed by atoms with van der Waals surface area (Å²) in [6.07, 6.45) is -1.13. The van der Waals surface area contributed by atoms with Crippen molar-refractivity contribution in [2.24, 2.45) is 0 Å². The van der Waals surface area contributed by atoms with Gasteiger partial charge < -0.3 is 14.8 Å². The lowest BCUT2D eigenvalue weighted by Crippen LogP contribution is -2.35. The zero-order valence-electron chi connectivity index (χ0n) is 16.7. The lowest BCUT2D eigenvalue weighted by atomic mass is 10.1. The number of sulfonamides is 1. The van der Waals surface area contributed by atoms with Gasteiger partial charge in [-0.1, -0.05) is 18.2 Å². The molecule has 1 amide bonds. The van der Waals surface area contributed by atoms with E-state index in [1.165, 1.54) is 26.2 Å². The van der Waals surface area contributed by atoms with Gasteiger partial charge in [0.15, 0.2) is 6.10 Å². The van der Waals surface area contributed by atoms with Crippen molar-refractivity contribution in [2.45, 2.75) is 31.8 Å². The molecule has 2 N–H and O–H groups in total. The summed E-state index contributed by atoms with van der Waals surface area (Å²) in [6, 6.07) is 11.4. The van der Waals surface area contributed by atoms with Gasteiger partial charge >= 0.3 is 5.97 Å². The molecule has 0 saturated carbocycles. The Morgan fingerprint density at radius 1 is 1.07 bits per heavy atom. The standard InChI is InChI=1S/C20H24N2O6S/c1-13-9-10-16(11-14(13)2)29(25,26)21-12-19(23)28-15(3)20(24)22-17-7-5-6-8-18(17)27-4/h5-11,15,21H,12H2,1-4H3,(H,22,24)/t15-/m1/s1. The molecule has 29 heavy (non-hydrogen) atoms. The van der Waals surface area contributed by atoms with Crippen LogP contribution in [0.25, 0.3) is 0 Å². The Balaban J connectivity index is 1.92. The number of methoxy groups -OCH3 is 1. The van der Waals surface area contributed by atoms with Gasteiger partial charge in [-0.05, 0) is 56.2 Å². The normalized spacial score (nSPS) is 12.1. The summed E-state index contributed by atoms with van der Waals surface area (Å²) in [5, 5.41) is 2.60. The van der Waals surface area contributed by atoms with E-state index in [4.69, 9.17) is 9.47 Å². The average molecular weight is 420 g/mol. The van der Waals surface area contributed by atoms with E-state index in [2.05, 4.69) is 10.0 Å². The van der Waals surface area contributed by atoms with Crippen LogP contribution in [0.1, 0.15) is 18.1 Å². The summed E-state index contributed by atoms with van der Waals surface area (Å²) in [6.45, 7) is 4.46. The third-order valence-corrected chi connectivity index (χ3v) is 5.64. The summed E-state index contributed by atoms with van der Waals surface area (Å²) >= 11 is 0. The van der Waals surface area contributed by atoms with E-state index < -0.39 is 34.5 Å². The van der Waals surface area contributed by atoms with Crippen LogP contribution in [-0.2, 0) is 24.3 Å². The molecule has 0 radical (unpaired) electrons. The second kappa shape index (κ2) is 9.53. The Morgan fingerprint density at radius 2 is 1.76 bits per heavy atom. The molecule has 0 bridgehead atoms. The van der Waals surface area contributed by atoms with E-state index in [0.717, 1.165) is 11.1 Å². The highest BCUT2D eigenvalue weighted by Gasteiger charge is 2.21. The molecule has 0 heterocycles. The Morgan fingerprint density at radius 3 is 2.41 bits per heavy atom. The molecule has 0 unspecified atom stereocenters. The van der Waals surface area contributed by atoms with Crippen molar-refractivity contribution in [1.29, 1.82) is 0 Å². The van der Waals surface area contributed by atoms with Gasteiger partial charge in [-0.3, -0.25) is 9.59 Å². The van der Waals surface area contributed by atoms with Gasteiger partial charge in [0.05, 0.1) is 17.7 Å². The number of anilines is 1. The fraction of sp³-hybridized carbons (Fsp3) is 0.300. The maximum atomic E-state index is 12.3. The van der Waals surface area contributed by atoms with Crippen molar-refractivity contribution in [3.63, 3.8) is 0 Å². The molecule has 0 aliphatic heterocycles. The molecule has 9 heteroatoms. The highest BCUT2D eigenvalue weighted by atomic mass is 32.2. The number of carbonyl (C=O) groups is 2. The molecule has 0 aliphatic carbocycles. The van der Waals surface area contributed by atoms with Crippen LogP contribution in [-0.4, -0.2) is 40.1 Å². The summed E-state index contributed by atoms with van der Waals surface area (Å²) in [4.78, 5) is 24.3. The quantitative estimate of drug-likeness (QED) is 0.633. The van der Waals surface area contributed by atoms with Gasteiger partial charge in [0.1, 0.15) is 12.3 Å². The first-order valence-electron chi connectivity index (χ1n) is 8.84. The molecule has 2 aromatic rings. The fourth-order valence-corrected chi connectivity index (χ4v) is 3.45. The van der Waals surface area contributed by atoms with Gasteiger partial charge in [-0.25, -0.2) is 8.42 Å². The molecule has 0 aliphatic rings. The van der Waals surface area contributed by atoms with Gasteiger partial charge in [0.25, 0.3) is 5.91 Å². The predicted molar refractivity (Wildman–Crippen MR) is 108 cm³/mol. The molecule has 0 saturated heterocycles. The fourth-order valence-electron chi connectivity index (χ4n) is 2.39. The maximum Gasteiger partial charge on any atom is 0.321 e. The molecule has 1 atom stereocenters. The number of amides is 1. The first-order chi connectivity index (χ1) is 13.6. The van der Waals surface area contributed by atoms with Crippen LogP contribution >= 0.6 is 0 Å². The summed E-state index contributed by atoms with van der Waals surface area (Å²) in [5.41, 5.74) is 2.20. The maximum absolute atomic E-state index is 12.3. The number of aryl methyl sites for hydroxylation is 2. The minimum absolute atomic E-state index is 0.0513. The highest BCUT2D eigenvalue weighted by Crippen LogP contribution is 2.23. The Kier molecular flexibility index (Phi) is 7.35. The molecule has 0 fully saturated rings. The van der Waals surface area contributed by atoms with E-state index in [1.54, 1.807) is 37.3 Å². The average Bonchev–Trinajstić information content (AvgIpc) is 2.68. The van der Waals surface area contributed by atoms with Crippen LogP contribution < -0.4 is 14.8 Å². The van der Waals surface area contributed by atoms with Crippen LogP contribution in [0.5, 0.6) is 5.75 Å². The number of esters is 1. The van der Waals surface area contributed by atoms with E-state index >= 15 is 0 Å². The molecule has 0 spiro atoms. The predicted octanol–water partition coefficient (Wildman–Crippen LogP) is 2.16. The first kappa shape index (κ1) is 22.4. The first-order valence-corrected chi connectivity index (χ1v) is 10.3. The second-order valence-electron chi connectivity index (χ2n) is 6.39.